The normalized spacial score (nSPS) is 9.77. The zero-order valence-electron chi connectivity index (χ0n) is 8.22. The van der Waals surface area contributed by atoms with Gasteiger partial charge in [-0.05, 0) is 32.4 Å². The number of carbonyl (C=O) groups is 1. The molecule has 3 heteroatoms. The molecule has 0 atom stereocenters. The van der Waals surface area contributed by atoms with Crippen molar-refractivity contribution in [2.45, 2.75) is 20.8 Å². The van der Waals surface area contributed by atoms with Gasteiger partial charge in [0.25, 0.3) is 5.91 Å². The molecule has 0 aliphatic carbocycles. The first-order chi connectivity index (χ1) is 6.15. The number of nitrogens with zero attached hydrogens (tertiary/aromatic N) is 1. The van der Waals surface area contributed by atoms with Gasteiger partial charge < -0.3 is 5.32 Å². The van der Waals surface area contributed by atoms with E-state index in [0.29, 0.717) is 12.1 Å². The molecule has 0 radical (unpaired) electrons. The molecule has 70 valence electrons. The number of nitrogens with one attached hydrogen (secondary N) is 1. The lowest BCUT2D eigenvalue weighted by atomic mass is 10.1. The second kappa shape index (κ2) is 4.03. The van der Waals surface area contributed by atoms with Crippen molar-refractivity contribution < 1.29 is 4.79 Å². The molecule has 0 saturated heterocycles. The highest BCUT2D eigenvalue weighted by Crippen LogP contribution is 2.06. The molecule has 0 spiro atoms. The van der Waals surface area contributed by atoms with Crippen LogP contribution in [-0.2, 0) is 0 Å². The largest absolute Gasteiger partial charge is 0.352 e. The maximum Gasteiger partial charge on any atom is 0.253 e. The first-order valence-electron chi connectivity index (χ1n) is 4.36. The van der Waals surface area contributed by atoms with Crippen molar-refractivity contribution in [3.8, 4) is 0 Å². The minimum Gasteiger partial charge on any atom is -0.352 e. The van der Waals surface area contributed by atoms with Crippen LogP contribution in [0.5, 0.6) is 0 Å². The molecule has 0 aromatic carbocycles. The Morgan fingerprint density at radius 1 is 1.54 bits per heavy atom. The number of hydrogen-bond acceptors (Lipinski definition) is 2. The third-order valence-corrected chi connectivity index (χ3v) is 1.81. The second-order valence-corrected chi connectivity index (χ2v) is 3.01. The zero-order valence-corrected chi connectivity index (χ0v) is 8.22. The molecular weight excluding hydrogens is 164 g/mol. The highest BCUT2D eigenvalue weighted by Gasteiger charge is 2.08. The zero-order chi connectivity index (χ0) is 9.84. The number of rotatable bonds is 2. The van der Waals surface area contributed by atoms with Crippen LogP contribution in [0.3, 0.4) is 0 Å². The molecule has 0 saturated carbocycles. The van der Waals surface area contributed by atoms with Crippen LogP contribution in [0, 0.1) is 13.8 Å². The van der Waals surface area contributed by atoms with Gasteiger partial charge >= 0.3 is 0 Å². The van der Waals surface area contributed by atoms with Crippen LogP contribution < -0.4 is 5.32 Å². The highest BCUT2D eigenvalue weighted by molar-refractivity contribution is 5.95. The standard InChI is InChI=1S/C10H14N2O/c1-4-11-10(13)9-5-7(2)6-12-8(9)3/h5-6H,4H2,1-3H3,(H,11,13). The first-order valence-corrected chi connectivity index (χ1v) is 4.36. The van der Waals surface area contributed by atoms with Crippen LogP contribution >= 0.6 is 0 Å². The van der Waals surface area contributed by atoms with E-state index in [4.69, 9.17) is 0 Å². The van der Waals surface area contributed by atoms with E-state index in [1.807, 2.05) is 26.8 Å². The molecule has 1 aromatic heterocycles. The van der Waals surface area contributed by atoms with Crippen molar-refractivity contribution in [1.82, 2.24) is 10.3 Å². The van der Waals surface area contributed by atoms with E-state index < -0.39 is 0 Å². The molecule has 0 aliphatic rings. The molecule has 1 rings (SSSR count). The summed E-state index contributed by atoms with van der Waals surface area (Å²) in [7, 11) is 0. The third kappa shape index (κ3) is 2.28. The predicted octanol–water partition coefficient (Wildman–Crippen LogP) is 1.45. The fraction of sp³-hybridized carbons (Fsp3) is 0.400. The lowest BCUT2D eigenvalue weighted by Gasteiger charge is -2.05. The average molecular weight is 178 g/mol. The number of aromatic nitrogens is 1. The van der Waals surface area contributed by atoms with E-state index in [1.54, 1.807) is 6.20 Å². The molecule has 0 bridgehead atoms. The van der Waals surface area contributed by atoms with Crippen LogP contribution in [-0.4, -0.2) is 17.4 Å². The smallest absolute Gasteiger partial charge is 0.253 e. The summed E-state index contributed by atoms with van der Waals surface area (Å²) >= 11 is 0. The molecule has 3 nitrogen and oxygen atoms in total. The van der Waals surface area contributed by atoms with Crippen LogP contribution in [0.15, 0.2) is 12.3 Å². The Kier molecular flexibility index (Phi) is 3.01. The van der Waals surface area contributed by atoms with Crippen molar-refractivity contribution in [3.63, 3.8) is 0 Å². The van der Waals surface area contributed by atoms with Gasteiger partial charge in [0, 0.05) is 18.4 Å². The summed E-state index contributed by atoms with van der Waals surface area (Å²) in [6.07, 6.45) is 1.76. The van der Waals surface area contributed by atoms with Gasteiger partial charge in [0.15, 0.2) is 0 Å². The fourth-order valence-electron chi connectivity index (χ4n) is 1.12. The quantitative estimate of drug-likeness (QED) is 0.744. The van der Waals surface area contributed by atoms with Gasteiger partial charge in [0.2, 0.25) is 0 Å². The number of carbonyl (C=O) groups excluding carboxylic acids is 1. The molecule has 1 N–H and O–H groups in total. The maximum absolute atomic E-state index is 11.5. The molecule has 0 fully saturated rings. The van der Waals surface area contributed by atoms with Crippen molar-refractivity contribution in [2.75, 3.05) is 6.54 Å². The molecule has 1 heterocycles. The van der Waals surface area contributed by atoms with Gasteiger partial charge in [-0.2, -0.15) is 0 Å². The summed E-state index contributed by atoms with van der Waals surface area (Å²) < 4.78 is 0. The van der Waals surface area contributed by atoms with Gasteiger partial charge in [-0.3, -0.25) is 9.78 Å². The Morgan fingerprint density at radius 3 is 2.85 bits per heavy atom. The third-order valence-electron chi connectivity index (χ3n) is 1.81. The molecular formula is C10H14N2O. The van der Waals surface area contributed by atoms with E-state index in [-0.39, 0.29) is 5.91 Å². The van der Waals surface area contributed by atoms with E-state index in [2.05, 4.69) is 10.3 Å². The minimum atomic E-state index is -0.0452. The summed E-state index contributed by atoms with van der Waals surface area (Å²) in [5, 5.41) is 2.75. The van der Waals surface area contributed by atoms with Crippen LogP contribution in [0.4, 0.5) is 0 Å². The summed E-state index contributed by atoms with van der Waals surface area (Å²) in [6, 6.07) is 1.85. The Bertz CT molecular complexity index is 321. The van der Waals surface area contributed by atoms with Crippen LogP contribution in [0.2, 0.25) is 0 Å². The van der Waals surface area contributed by atoms with Crippen molar-refractivity contribution >= 4 is 5.91 Å². The summed E-state index contributed by atoms with van der Waals surface area (Å²) in [4.78, 5) is 15.6. The van der Waals surface area contributed by atoms with E-state index in [0.717, 1.165) is 11.3 Å². The summed E-state index contributed by atoms with van der Waals surface area (Å²) in [5.41, 5.74) is 2.45. The van der Waals surface area contributed by atoms with Crippen molar-refractivity contribution in [2.24, 2.45) is 0 Å². The predicted molar refractivity (Wildman–Crippen MR) is 51.7 cm³/mol. The Labute approximate surface area is 78.2 Å². The fourth-order valence-corrected chi connectivity index (χ4v) is 1.12. The van der Waals surface area contributed by atoms with Crippen LogP contribution in [0.25, 0.3) is 0 Å². The number of amides is 1. The Balaban J connectivity index is 2.99. The number of pyridine rings is 1. The second-order valence-electron chi connectivity index (χ2n) is 3.01. The maximum atomic E-state index is 11.5. The number of hydrogen-bond donors (Lipinski definition) is 1. The van der Waals surface area contributed by atoms with Gasteiger partial charge in [0.05, 0.1) is 5.56 Å². The van der Waals surface area contributed by atoms with Gasteiger partial charge in [-0.25, -0.2) is 0 Å². The molecule has 13 heavy (non-hydrogen) atoms. The molecule has 0 unspecified atom stereocenters. The van der Waals surface area contributed by atoms with Gasteiger partial charge in [-0.15, -0.1) is 0 Å². The average Bonchev–Trinajstić information content (AvgIpc) is 2.09. The van der Waals surface area contributed by atoms with Gasteiger partial charge in [-0.1, -0.05) is 0 Å². The SMILES string of the molecule is CCNC(=O)c1cc(C)cnc1C. The minimum absolute atomic E-state index is 0.0452. The lowest BCUT2D eigenvalue weighted by Crippen LogP contribution is -2.23. The summed E-state index contributed by atoms with van der Waals surface area (Å²) in [6.45, 7) is 6.31. The highest BCUT2D eigenvalue weighted by atomic mass is 16.1. The first kappa shape index (κ1) is 9.71. The Hall–Kier alpha value is -1.38. The lowest BCUT2D eigenvalue weighted by molar-refractivity contribution is 0.0954. The van der Waals surface area contributed by atoms with E-state index in [9.17, 15) is 4.79 Å². The molecule has 1 amide bonds. The van der Waals surface area contributed by atoms with Crippen molar-refractivity contribution in [1.29, 1.82) is 0 Å². The topological polar surface area (TPSA) is 42.0 Å². The Morgan fingerprint density at radius 2 is 2.23 bits per heavy atom. The summed E-state index contributed by atoms with van der Waals surface area (Å²) in [5.74, 6) is -0.0452. The molecule has 0 aliphatic heterocycles. The van der Waals surface area contributed by atoms with Crippen LogP contribution in [0.1, 0.15) is 28.5 Å². The molecule has 1 aromatic rings. The van der Waals surface area contributed by atoms with E-state index >= 15 is 0 Å². The van der Waals surface area contributed by atoms with Gasteiger partial charge in [0.1, 0.15) is 0 Å². The van der Waals surface area contributed by atoms with Crippen molar-refractivity contribution in [3.05, 3.63) is 29.1 Å². The monoisotopic (exact) mass is 178 g/mol. The number of aryl methyl sites for hydroxylation is 2. The van der Waals surface area contributed by atoms with E-state index in [1.165, 1.54) is 0 Å².